The van der Waals surface area contributed by atoms with Gasteiger partial charge >= 0.3 is 6.03 Å². The minimum atomic E-state index is -1.05. The summed E-state index contributed by atoms with van der Waals surface area (Å²) in [6, 6.07) is 23.5. The van der Waals surface area contributed by atoms with Crippen molar-refractivity contribution in [1.82, 2.24) is 31.6 Å². The summed E-state index contributed by atoms with van der Waals surface area (Å²) in [7, 11) is 0. The first-order chi connectivity index (χ1) is 35.0. The Balaban J connectivity index is 1.35. The molecule has 7 amide bonds. The van der Waals surface area contributed by atoms with Crippen molar-refractivity contribution in [3.05, 3.63) is 142 Å². The van der Waals surface area contributed by atoms with Gasteiger partial charge < -0.3 is 51.4 Å². The number of amides is 7. The number of benzene rings is 3. The van der Waals surface area contributed by atoms with Crippen LogP contribution in [0.4, 0.5) is 16.2 Å². The van der Waals surface area contributed by atoms with Crippen molar-refractivity contribution < 1.29 is 43.0 Å². The minimum Gasteiger partial charge on any atom is -0.379 e. The highest BCUT2D eigenvalue weighted by Gasteiger charge is 2.29. The molecule has 384 valence electrons. The predicted molar refractivity (Wildman–Crippen MR) is 274 cm³/mol. The van der Waals surface area contributed by atoms with Crippen LogP contribution < -0.4 is 37.2 Å². The number of aryl methyl sites for hydroxylation is 1. The molecule has 20 nitrogen and oxygen atoms in total. The summed E-state index contributed by atoms with van der Waals surface area (Å²) in [4.78, 5) is 87.1. The van der Waals surface area contributed by atoms with Crippen molar-refractivity contribution in [3.8, 4) is 0 Å². The number of carbonyl (C=O) groups is 6. The summed E-state index contributed by atoms with van der Waals surface area (Å²) in [6.07, 6.45) is 8.33. The molecule has 0 aliphatic rings. The van der Waals surface area contributed by atoms with E-state index in [2.05, 4.69) is 52.2 Å². The third-order valence-corrected chi connectivity index (χ3v) is 10.8. The molecule has 4 aromatic rings. The van der Waals surface area contributed by atoms with Crippen molar-refractivity contribution in [3.63, 3.8) is 0 Å². The number of azide groups is 1. The lowest BCUT2D eigenvalue weighted by atomic mass is 10.0. The van der Waals surface area contributed by atoms with Crippen LogP contribution >= 0.6 is 0 Å². The van der Waals surface area contributed by atoms with Crippen LogP contribution in [0.1, 0.15) is 61.3 Å². The highest BCUT2D eigenvalue weighted by Crippen LogP contribution is 2.16. The zero-order valence-corrected chi connectivity index (χ0v) is 41.0. The van der Waals surface area contributed by atoms with E-state index < -0.39 is 47.8 Å². The van der Waals surface area contributed by atoms with Crippen molar-refractivity contribution in [2.24, 2.45) is 5.11 Å². The Bertz CT molecular complexity index is 2370. The number of pyridine rings is 1. The number of hydrogen-bond acceptors (Lipinski definition) is 11. The van der Waals surface area contributed by atoms with Gasteiger partial charge in [-0.1, -0.05) is 85.2 Å². The summed E-state index contributed by atoms with van der Waals surface area (Å²) in [5, 5.41) is 23.2. The van der Waals surface area contributed by atoms with Crippen LogP contribution in [0.15, 0.2) is 115 Å². The number of unbranched alkanes of at least 4 members (excludes halogenated alkanes) is 1. The molecule has 4 rings (SSSR count). The maximum atomic E-state index is 14.1. The average Bonchev–Trinajstić information content (AvgIpc) is 3.38. The molecular weight excluding hydrogens is 923 g/mol. The molecule has 0 unspecified atom stereocenters. The zero-order chi connectivity index (χ0) is 51.6. The highest BCUT2D eigenvalue weighted by molar-refractivity contribution is 6.00. The Morgan fingerprint density at radius 3 is 2.06 bits per heavy atom. The molecule has 1 aromatic heterocycles. The predicted octanol–water partition coefficient (Wildman–Crippen LogP) is 5.55. The van der Waals surface area contributed by atoms with E-state index in [0.29, 0.717) is 69.2 Å². The first-order valence-electron chi connectivity index (χ1n) is 24.1. The summed E-state index contributed by atoms with van der Waals surface area (Å²) in [5.74, 6) is -2.32. The topological polar surface area (TPSA) is 276 Å². The highest BCUT2D eigenvalue weighted by atomic mass is 16.5. The van der Waals surface area contributed by atoms with E-state index >= 15 is 0 Å². The average molecular weight is 990 g/mol. The normalized spacial score (nSPS) is 12.1. The molecular formula is C52H67N11O9. The molecule has 0 saturated heterocycles. The Kier molecular flexibility index (Phi) is 26.7. The SMILES string of the molecule is CCC[C@H](NC(=O)[C@H](CCCCNC(=O)/C=C/c1cccnc1)NC(=O)Cc1ccc(NC(=O)Nc2ccccc2C)cc1)C(=O)N[C@@H](Cc1ccccc1)C(=O)NCCOCCOCCOCCN=[N+]=[N-]. The van der Waals surface area contributed by atoms with E-state index in [-0.39, 0.29) is 57.9 Å². The molecule has 72 heavy (non-hydrogen) atoms. The third kappa shape index (κ3) is 23.3. The van der Waals surface area contributed by atoms with Crippen molar-refractivity contribution in [2.75, 3.05) is 69.9 Å². The first kappa shape index (κ1) is 56.9. The van der Waals surface area contributed by atoms with Crippen LogP contribution in [0.2, 0.25) is 0 Å². The lowest BCUT2D eigenvalue weighted by molar-refractivity contribution is -0.134. The lowest BCUT2D eigenvalue weighted by Crippen LogP contribution is -2.57. The van der Waals surface area contributed by atoms with Gasteiger partial charge in [0.15, 0.2) is 0 Å². The molecule has 0 fully saturated rings. The van der Waals surface area contributed by atoms with Crippen molar-refractivity contribution in [2.45, 2.75) is 76.9 Å². The number of carbonyl (C=O) groups excluding carboxylic acids is 6. The number of para-hydroxylation sites is 1. The van der Waals surface area contributed by atoms with Crippen LogP contribution in [-0.4, -0.2) is 118 Å². The molecule has 0 aliphatic carbocycles. The van der Waals surface area contributed by atoms with Gasteiger partial charge in [0.2, 0.25) is 29.5 Å². The van der Waals surface area contributed by atoms with Crippen LogP contribution in [0.25, 0.3) is 16.5 Å². The summed E-state index contributed by atoms with van der Waals surface area (Å²) < 4.78 is 16.3. The Hall–Kier alpha value is -7.64. The fourth-order valence-electron chi connectivity index (χ4n) is 7.02. The molecule has 0 saturated carbocycles. The minimum absolute atomic E-state index is 0.0789. The Labute approximate surface area is 420 Å². The van der Waals surface area contributed by atoms with Crippen molar-refractivity contribution in [1.29, 1.82) is 0 Å². The van der Waals surface area contributed by atoms with E-state index in [1.165, 1.54) is 6.08 Å². The maximum absolute atomic E-state index is 14.1. The second kappa shape index (κ2) is 33.8. The summed E-state index contributed by atoms with van der Waals surface area (Å²) in [5.41, 5.74) is 12.6. The van der Waals surface area contributed by atoms with Gasteiger partial charge in [-0.15, -0.1) is 0 Å². The summed E-state index contributed by atoms with van der Waals surface area (Å²) in [6.45, 7) is 6.25. The number of ether oxygens (including phenoxy) is 3. The standard InChI is InChI=1S/C52H67N11O9/c1-3-12-44(50(67)61-46(35-39-14-5-4-6-15-39)49(66)56-27-29-70-31-33-72-34-32-71-30-28-57-63-53)60-51(68)45(18-9-10-26-55-47(64)24-21-41-16-11-25-54-37-41)59-48(65)36-40-19-22-42(23-20-40)58-52(69)62-43-17-8-7-13-38(43)2/h4-8,11,13-17,19-25,37,44-46H,3,9-10,12,18,26-36H2,1-2H3,(H,55,64)(H,56,66)(H,59,65)(H,60,68)(H,61,67)(H2,58,62,69)/b24-21+/t44-,45-,46-/m0/s1. The van der Waals surface area contributed by atoms with Gasteiger partial charge in [-0.05, 0) is 90.7 Å². The van der Waals surface area contributed by atoms with Crippen molar-refractivity contribution >= 4 is 53.0 Å². The van der Waals surface area contributed by atoms with E-state index in [4.69, 9.17) is 19.7 Å². The molecule has 3 atom stereocenters. The lowest BCUT2D eigenvalue weighted by Gasteiger charge is -2.25. The second-order valence-corrected chi connectivity index (χ2v) is 16.5. The maximum Gasteiger partial charge on any atom is 0.323 e. The van der Waals surface area contributed by atoms with Crippen LogP contribution in [0.5, 0.6) is 0 Å². The smallest absolute Gasteiger partial charge is 0.323 e. The van der Waals surface area contributed by atoms with Crippen LogP contribution in [0.3, 0.4) is 0 Å². The fourth-order valence-corrected chi connectivity index (χ4v) is 7.02. The van der Waals surface area contributed by atoms with Gasteiger partial charge in [-0.2, -0.15) is 0 Å². The number of rotatable bonds is 33. The van der Waals surface area contributed by atoms with E-state index in [1.807, 2.05) is 68.4 Å². The molecule has 20 heteroatoms. The zero-order valence-electron chi connectivity index (χ0n) is 41.0. The Morgan fingerprint density at radius 1 is 0.681 bits per heavy atom. The van der Waals surface area contributed by atoms with Crippen LogP contribution in [-0.2, 0) is 51.0 Å². The molecule has 1 heterocycles. The number of nitrogens with one attached hydrogen (secondary N) is 7. The molecule has 0 radical (unpaired) electrons. The number of anilines is 2. The second-order valence-electron chi connectivity index (χ2n) is 16.5. The fraction of sp³-hybridized carbons (Fsp3) is 0.404. The quantitative estimate of drug-likeness (QED) is 0.0103. The first-order valence-corrected chi connectivity index (χ1v) is 24.1. The number of urea groups is 1. The van der Waals surface area contributed by atoms with E-state index in [0.717, 1.165) is 16.7 Å². The van der Waals surface area contributed by atoms with E-state index in [9.17, 15) is 28.8 Å². The molecule has 7 N–H and O–H groups in total. The summed E-state index contributed by atoms with van der Waals surface area (Å²) >= 11 is 0. The largest absolute Gasteiger partial charge is 0.379 e. The van der Waals surface area contributed by atoms with Gasteiger partial charge in [0.05, 0.1) is 46.1 Å². The number of nitrogens with zero attached hydrogens (tertiary/aromatic N) is 4. The van der Waals surface area contributed by atoms with E-state index in [1.54, 1.807) is 54.9 Å². The third-order valence-electron chi connectivity index (χ3n) is 10.8. The molecule has 0 spiro atoms. The van der Waals surface area contributed by atoms with Crippen LogP contribution in [0, 0.1) is 6.92 Å². The molecule has 3 aromatic carbocycles. The van der Waals surface area contributed by atoms with Gasteiger partial charge in [0, 0.05) is 60.8 Å². The molecule has 0 aliphatic heterocycles. The molecule has 0 bridgehead atoms. The number of aromatic nitrogens is 1. The Morgan fingerprint density at radius 2 is 1.36 bits per heavy atom. The number of hydrogen-bond donors (Lipinski definition) is 7. The monoisotopic (exact) mass is 990 g/mol. The van der Waals surface area contributed by atoms with Gasteiger partial charge in [-0.25, -0.2) is 4.79 Å². The van der Waals surface area contributed by atoms with Gasteiger partial charge in [-0.3, -0.25) is 29.0 Å². The van der Waals surface area contributed by atoms with Gasteiger partial charge in [0.1, 0.15) is 18.1 Å². The van der Waals surface area contributed by atoms with Gasteiger partial charge in [0.25, 0.3) is 0 Å².